The van der Waals surface area contributed by atoms with Gasteiger partial charge in [0, 0.05) is 24.3 Å². The van der Waals surface area contributed by atoms with E-state index in [1.54, 1.807) is 24.4 Å². The van der Waals surface area contributed by atoms with Crippen molar-refractivity contribution in [3.63, 3.8) is 0 Å². The summed E-state index contributed by atoms with van der Waals surface area (Å²) in [5.74, 6) is -0.354. The molecule has 0 saturated heterocycles. The van der Waals surface area contributed by atoms with Gasteiger partial charge in [-0.25, -0.2) is 13.4 Å². The van der Waals surface area contributed by atoms with Crippen molar-refractivity contribution in [1.29, 1.82) is 0 Å². The Morgan fingerprint density at radius 2 is 2.00 bits per heavy atom. The second-order valence-electron chi connectivity index (χ2n) is 2.40. The van der Waals surface area contributed by atoms with Crippen LogP contribution in [0.5, 0.6) is 0 Å². The van der Waals surface area contributed by atoms with Gasteiger partial charge in [0.15, 0.2) is 11.9 Å². The molecule has 1 heterocycles. The fourth-order valence-corrected chi connectivity index (χ4v) is 1.29. The molecule has 7 heteroatoms. The van der Waals surface area contributed by atoms with E-state index in [2.05, 4.69) is 4.98 Å². The van der Waals surface area contributed by atoms with E-state index in [-0.39, 0.29) is 54.1 Å². The number of rotatable bonds is 3. The van der Waals surface area contributed by atoms with Crippen LogP contribution in [-0.2, 0) is 16.5 Å². The Balaban J connectivity index is 0. The number of hydrogen-bond donors (Lipinski definition) is 0. The summed E-state index contributed by atoms with van der Waals surface area (Å²) in [7, 11) is -4.09. The van der Waals surface area contributed by atoms with E-state index < -0.39 is 10.1 Å². The topological polar surface area (TPSA) is 71.3 Å². The van der Waals surface area contributed by atoms with Gasteiger partial charge in [-0.15, -0.1) is 0 Å². The minimum atomic E-state index is -4.09. The van der Waals surface area contributed by atoms with Crippen molar-refractivity contribution in [2.45, 2.75) is 6.42 Å². The van der Waals surface area contributed by atoms with Crippen LogP contribution in [0.15, 0.2) is 24.4 Å². The molecular weight excluding hydrogens is 237 g/mol. The molecule has 1 N–H and O–H groups in total. The first-order valence-corrected chi connectivity index (χ1v) is 5.05. The van der Waals surface area contributed by atoms with Gasteiger partial charge in [-0.1, -0.05) is 6.07 Å². The number of halogens is 1. The average molecular weight is 246 g/mol. The van der Waals surface area contributed by atoms with Gasteiger partial charge < -0.3 is 17.0 Å². The number of pyridine rings is 1. The molecule has 4 nitrogen and oxygen atoms in total. The van der Waals surface area contributed by atoms with Gasteiger partial charge in [0.2, 0.25) is 0 Å². The van der Waals surface area contributed by atoms with E-state index in [0.29, 0.717) is 0 Å². The van der Waals surface area contributed by atoms with Crippen molar-refractivity contribution in [2.24, 2.45) is 0 Å². The van der Waals surface area contributed by atoms with Crippen LogP contribution in [0, 0.1) is 0 Å². The van der Waals surface area contributed by atoms with Crippen LogP contribution >= 0.6 is 0 Å². The van der Waals surface area contributed by atoms with E-state index in [1.807, 2.05) is 0 Å². The Labute approximate surface area is 112 Å². The van der Waals surface area contributed by atoms with E-state index in [0.717, 1.165) is 5.69 Å². The van der Waals surface area contributed by atoms with Crippen LogP contribution in [0.25, 0.3) is 0 Å². The molecule has 0 aliphatic carbocycles. The molecule has 0 atom stereocenters. The standard InChI is InChI=1S/C7H9NO3S.ClH.Na/c9-12(10,11)6-4-7-3-1-2-5-8-7;;/h1-3,5H,4,6H2,(H,9,10,11);1H;/q;;+1/p-1. The number of aromatic nitrogens is 1. The maximum atomic E-state index is 10.2. The predicted octanol–water partition coefficient (Wildman–Crippen LogP) is -6.40. The molecule has 1 aromatic heterocycles. The number of H-pyrrole nitrogens is 1. The quantitative estimate of drug-likeness (QED) is 0.393. The van der Waals surface area contributed by atoms with Crippen LogP contribution in [0.3, 0.4) is 0 Å². The molecule has 0 aliphatic rings. The van der Waals surface area contributed by atoms with Gasteiger partial charge in [-0.2, -0.15) is 0 Å². The maximum Gasteiger partial charge on any atom is 1.00 e. The first kappa shape index (κ1) is 16.8. The summed E-state index contributed by atoms with van der Waals surface area (Å²) in [6.07, 6.45) is 1.93. The maximum absolute atomic E-state index is 10.2. The van der Waals surface area contributed by atoms with Crippen LogP contribution in [-0.4, -0.2) is 18.7 Å². The molecule has 0 radical (unpaired) electrons. The van der Waals surface area contributed by atoms with Crippen molar-refractivity contribution in [1.82, 2.24) is 0 Å². The molecule has 0 saturated carbocycles. The first-order valence-electron chi connectivity index (χ1n) is 3.47. The zero-order valence-corrected chi connectivity index (χ0v) is 11.3. The Kier molecular flexibility index (Phi) is 9.12. The second kappa shape index (κ2) is 7.62. The zero-order chi connectivity index (χ0) is 9.03. The Hall–Kier alpha value is 0.350. The number of hydrogen-bond acceptors (Lipinski definition) is 3. The molecule has 14 heavy (non-hydrogen) atoms. The van der Waals surface area contributed by atoms with E-state index >= 15 is 0 Å². The summed E-state index contributed by atoms with van der Waals surface area (Å²) in [6.45, 7) is 0. The van der Waals surface area contributed by atoms with E-state index in [4.69, 9.17) is 0 Å². The predicted molar refractivity (Wildman–Crippen MR) is 41.3 cm³/mol. The third kappa shape index (κ3) is 7.73. The van der Waals surface area contributed by atoms with Crippen LogP contribution in [0.1, 0.15) is 5.69 Å². The van der Waals surface area contributed by atoms with Gasteiger partial charge in [-0.05, 0) is 0 Å². The van der Waals surface area contributed by atoms with E-state index in [9.17, 15) is 13.0 Å². The number of aromatic amines is 1. The molecule has 0 amide bonds. The fraction of sp³-hybridized carbons (Fsp3) is 0.286. The summed E-state index contributed by atoms with van der Waals surface area (Å²) in [6, 6.07) is 5.31. The van der Waals surface area contributed by atoms with Crippen LogP contribution in [0.2, 0.25) is 0 Å². The summed E-state index contributed by atoms with van der Waals surface area (Å²) in [4.78, 5) is 2.84. The summed E-state index contributed by atoms with van der Waals surface area (Å²) < 4.78 is 30.7. The van der Waals surface area contributed by atoms with Gasteiger partial charge in [0.05, 0.1) is 10.1 Å². The number of aryl methyl sites for hydroxylation is 1. The fourth-order valence-electron chi connectivity index (χ4n) is 0.821. The molecular formula is C7H9ClNNaO3S. The minimum absolute atomic E-state index is 0. The van der Waals surface area contributed by atoms with Crippen molar-refractivity contribution in [3.05, 3.63) is 30.1 Å². The second-order valence-corrected chi connectivity index (χ2v) is 3.92. The molecule has 0 aliphatic heterocycles. The normalized spacial score (nSPS) is 9.79. The minimum Gasteiger partial charge on any atom is -1.00 e. The van der Waals surface area contributed by atoms with Gasteiger partial charge >= 0.3 is 29.6 Å². The van der Waals surface area contributed by atoms with E-state index in [1.165, 1.54) is 0 Å². The molecule has 0 bridgehead atoms. The first-order chi connectivity index (χ1) is 5.58. The van der Waals surface area contributed by atoms with Crippen molar-refractivity contribution in [3.8, 4) is 0 Å². The molecule has 0 unspecified atom stereocenters. The van der Waals surface area contributed by atoms with Crippen LogP contribution < -0.4 is 46.9 Å². The molecule has 1 aromatic rings. The largest absolute Gasteiger partial charge is 1.00 e. The van der Waals surface area contributed by atoms with Crippen molar-refractivity contribution >= 4 is 10.1 Å². The van der Waals surface area contributed by atoms with Gasteiger partial charge in [0.1, 0.15) is 0 Å². The third-order valence-electron chi connectivity index (χ3n) is 1.39. The summed E-state index contributed by atoms with van der Waals surface area (Å²) in [5.41, 5.74) is 0.747. The SMILES string of the molecule is O=S(=O)([O-])CCc1cccc[nH+]1.[Cl-].[Na+]. The molecule has 0 spiro atoms. The molecule has 0 fully saturated rings. The van der Waals surface area contributed by atoms with Crippen molar-refractivity contribution in [2.75, 3.05) is 5.75 Å². The van der Waals surface area contributed by atoms with Gasteiger partial charge in [-0.3, -0.25) is 0 Å². The molecule has 1 rings (SSSR count). The number of nitrogens with one attached hydrogen (secondary N) is 1. The van der Waals surface area contributed by atoms with Crippen molar-refractivity contribution < 1.29 is 59.9 Å². The van der Waals surface area contributed by atoms with Gasteiger partial charge in [0.25, 0.3) is 0 Å². The zero-order valence-electron chi connectivity index (χ0n) is 7.73. The summed E-state index contributed by atoms with van der Waals surface area (Å²) in [5, 5.41) is 0. The monoisotopic (exact) mass is 245 g/mol. The Morgan fingerprint density at radius 3 is 2.43 bits per heavy atom. The van der Waals surface area contributed by atoms with Crippen LogP contribution in [0.4, 0.5) is 0 Å². The smallest absolute Gasteiger partial charge is 1.00 e. The summed E-state index contributed by atoms with van der Waals surface area (Å²) >= 11 is 0. The Morgan fingerprint density at radius 1 is 1.36 bits per heavy atom. The molecule has 74 valence electrons. The Bertz CT molecular complexity index is 343. The average Bonchev–Trinajstić information content (AvgIpc) is 2.02. The third-order valence-corrected chi connectivity index (χ3v) is 2.10. The molecule has 0 aromatic carbocycles.